The van der Waals surface area contributed by atoms with Gasteiger partial charge in [-0.3, -0.25) is 19.8 Å². The molecule has 2 aliphatic heterocycles. The zero-order chi connectivity index (χ0) is 21.6. The fourth-order valence-corrected chi connectivity index (χ4v) is 4.56. The number of nitrogens with zero attached hydrogens (tertiary/aromatic N) is 3. The molecular formula is C24H30N4O3. The number of nitro groups is 1. The average Bonchev–Trinajstić information content (AvgIpc) is 3.31. The lowest BCUT2D eigenvalue weighted by atomic mass is 9.95. The highest BCUT2D eigenvalue weighted by Gasteiger charge is 2.27. The maximum atomic E-state index is 12.6. The first-order chi connectivity index (χ1) is 15.1. The highest BCUT2D eigenvalue weighted by Crippen LogP contribution is 2.31. The second kappa shape index (κ2) is 9.92. The van der Waals surface area contributed by atoms with Crippen LogP contribution in [0.3, 0.4) is 0 Å². The monoisotopic (exact) mass is 422 g/mol. The van der Waals surface area contributed by atoms with Crippen molar-refractivity contribution >= 4 is 17.3 Å². The highest BCUT2D eigenvalue weighted by atomic mass is 16.6. The molecule has 0 aliphatic carbocycles. The number of nitrogens with one attached hydrogen (secondary N) is 1. The van der Waals surface area contributed by atoms with E-state index < -0.39 is 0 Å². The molecule has 0 aromatic heterocycles. The second-order valence-electron chi connectivity index (χ2n) is 8.52. The number of likely N-dealkylation sites (tertiary alicyclic amines) is 1. The van der Waals surface area contributed by atoms with E-state index >= 15 is 0 Å². The first kappa shape index (κ1) is 21.3. The largest absolute Gasteiger partial charge is 0.366 e. The van der Waals surface area contributed by atoms with Crippen molar-refractivity contribution in [2.75, 3.05) is 31.1 Å². The molecule has 0 saturated carbocycles. The van der Waals surface area contributed by atoms with Gasteiger partial charge in [0.05, 0.1) is 4.92 Å². The van der Waals surface area contributed by atoms with Gasteiger partial charge in [-0.2, -0.15) is 0 Å². The molecule has 7 heteroatoms. The molecule has 0 spiro atoms. The van der Waals surface area contributed by atoms with Gasteiger partial charge in [0.1, 0.15) is 5.69 Å². The first-order valence-corrected chi connectivity index (χ1v) is 11.2. The summed E-state index contributed by atoms with van der Waals surface area (Å²) >= 11 is 0. The summed E-state index contributed by atoms with van der Waals surface area (Å²) in [7, 11) is 0. The molecule has 4 rings (SSSR count). The molecule has 0 unspecified atom stereocenters. The molecule has 0 atom stereocenters. The van der Waals surface area contributed by atoms with Crippen LogP contribution in [0, 0.1) is 16.0 Å². The number of hydrogen-bond donors (Lipinski definition) is 1. The van der Waals surface area contributed by atoms with Crippen LogP contribution in [0.4, 0.5) is 11.4 Å². The van der Waals surface area contributed by atoms with E-state index in [0.29, 0.717) is 38.2 Å². The Labute approximate surface area is 183 Å². The summed E-state index contributed by atoms with van der Waals surface area (Å²) < 4.78 is 0. The van der Waals surface area contributed by atoms with Crippen molar-refractivity contribution in [2.45, 2.75) is 38.8 Å². The number of piperidine rings is 1. The smallest absolute Gasteiger partial charge is 0.292 e. The molecule has 2 heterocycles. The van der Waals surface area contributed by atoms with Crippen molar-refractivity contribution in [2.24, 2.45) is 5.92 Å². The van der Waals surface area contributed by atoms with E-state index in [0.717, 1.165) is 12.1 Å². The summed E-state index contributed by atoms with van der Waals surface area (Å²) in [6, 6.07) is 15.3. The van der Waals surface area contributed by atoms with Gasteiger partial charge >= 0.3 is 0 Å². The summed E-state index contributed by atoms with van der Waals surface area (Å²) in [6.45, 7) is 5.21. The van der Waals surface area contributed by atoms with Gasteiger partial charge in [-0.1, -0.05) is 36.4 Å². The Morgan fingerprint density at radius 2 is 1.61 bits per heavy atom. The van der Waals surface area contributed by atoms with E-state index in [2.05, 4.69) is 34.5 Å². The van der Waals surface area contributed by atoms with Crippen LogP contribution in [0.15, 0.2) is 48.5 Å². The first-order valence-electron chi connectivity index (χ1n) is 11.2. The number of carbonyl (C=O) groups is 1. The van der Waals surface area contributed by atoms with E-state index in [1.807, 2.05) is 11.0 Å². The SMILES string of the molecule is O=C(NCc1ccc(CN2CCCC2)cc1)C1CCN(c2ccccc2[N+](=O)[O-])CC1. The standard InChI is InChI=1S/C24H30N4O3/c29-24(25-17-19-7-9-20(10-8-19)18-26-13-3-4-14-26)21-11-15-27(16-12-21)22-5-1-2-6-23(22)28(30)31/h1-2,5-10,21H,3-4,11-18H2,(H,25,29). The number of rotatable bonds is 7. The van der Waals surface area contributed by atoms with Gasteiger partial charge in [0, 0.05) is 38.2 Å². The molecule has 1 amide bonds. The third-order valence-corrected chi connectivity index (χ3v) is 6.38. The lowest BCUT2D eigenvalue weighted by Gasteiger charge is -2.32. The third-order valence-electron chi connectivity index (χ3n) is 6.38. The molecule has 2 aromatic carbocycles. The molecule has 1 N–H and O–H groups in total. The van der Waals surface area contributed by atoms with Gasteiger partial charge in [0.15, 0.2) is 0 Å². The zero-order valence-electron chi connectivity index (χ0n) is 17.8. The van der Waals surface area contributed by atoms with Crippen molar-refractivity contribution in [1.82, 2.24) is 10.2 Å². The van der Waals surface area contributed by atoms with Crippen molar-refractivity contribution < 1.29 is 9.72 Å². The van der Waals surface area contributed by atoms with Gasteiger partial charge in [0.25, 0.3) is 5.69 Å². The number of hydrogen-bond acceptors (Lipinski definition) is 5. The Kier molecular flexibility index (Phi) is 6.82. The molecule has 2 saturated heterocycles. The molecule has 2 aromatic rings. The minimum atomic E-state index is -0.343. The summed E-state index contributed by atoms with van der Waals surface area (Å²) in [6.07, 6.45) is 4.00. The fraction of sp³-hybridized carbons (Fsp3) is 0.458. The Hall–Kier alpha value is -2.93. The summed E-state index contributed by atoms with van der Waals surface area (Å²) in [5.41, 5.74) is 3.19. The van der Waals surface area contributed by atoms with Crippen molar-refractivity contribution in [3.05, 3.63) is 69.8 Å². The third kappa shape index (κ3) is 5.41. The lowest BCUT2D eigenvalue weighted by molar-refractivity contribution is -0.384. The van der Waals surface area contributed by atoms with E-state index in [4.69, 9.17) is 0 Å². The highest BCUT2D eigenvalue weighted by molar-refractivity contribution is 5.79. The Morgan fingerprint density at radius 1 is 0.968 bits per heavy atom. The van der Waals surface area contributed by atoms with E-state index in [1.165, 1.54) is 37.6 Å². The number of para-hydroxylation sites is 2. The van der Waals surface area contributed by atoms with Crippen LogP contribution in [0.2, 0.25) is 0 Å². The molecule has 2 aliphatic rings. The topological polar surface area (TPSA) is 78.7 Å². The van der Waals surface area contributed by atoms with Gasteiger partial charge in [-0.05, 0) is 56.0 Å². The zero-order valence-corrected chi connectivity index (χ0v) is 17.8. The Balaban J connectivity index is 1.24. The summed E-state index contributed by atoms with van der Waals surface area (Å²) in [5, 5.41) is 14.3. The minimum Gasteiger partial charge on any atom is -0.366 e. The van der Waals surface area contributed by atoms with Crippen LogP contribution in [0.1, 0.15) is 36.8 Å². The molecule has 2 fully saturated rings. The number of amides is 1. The van der Waals surface area contributed by atoms with Crippen LogP contribution in [-0.4, -0.2) is 41.9 Å². The predicted molar refractivity (Wildman–Crippen MR) is 121 cm³/mol. The maximum absolute atomic E-state index is 12.6. The van der Waals surface area contributed by atoms with Gasteiger partial charge in [0.2, 0.25) is 5.91 Å². The number of carbonyl (C=O) groups excluding carboxylic acids is 1. The van der Waals surface area contributed by atoms with Gasteiger partial charge in [-0.15, -0.1) is 0 Å². The van der Waals surface area contributed by atoms with Gasteiger partial charge in [-0.25, -0.2) is 0 Å². The predicted octanol–water partition coefficient (Wildman–Crippen LogP) is 3.72. The number of anilines is 1. The van der Waals surface area contributed by atoms with Crippen LogP contribution in [0.25, 0.3) is 0 Å². The second-order valence-corrected chi connectivity index (χ2v) is 8.52. The van der Waals surface area contributed by atoms with Crippen LogP contribution in [-0.2, 0) is 17.9 Å². The Bertz CT molecular complexity index is 901. The quantitative estimate of drug-likeness (QED) is 0.543. The Morgan fingerprint density at radius 3 is 2.29 bits per heavy atom. The number of nitro benzene ring substituents is 1. The van der Waals surface area contributed by atoms with Crippen molar-refractivity contribution in [3.8, 4) is 0 Å². The molecular weight excluding hydrogens is 392 g/mol. The van der Waals surface area contributed by atoms with Crippen LogP contribution >= 0.6 is 0 Å². The number of benzene rings is 2. The van der Waals surface area contributed by atoms with E-state index in [-0.39, 0.29) is 22.4 Å². The average molecular weight is 423 g/mol. The molecule has 0 radical (unpaired) electrons. The van der Waals surface area contributed by atoms with Crippen LogP contribution < -0.4 is 10.2 Å². The molecule has 31 heavy (non-hydrogen) atoms. The van der Waals surface area contributed by atoms with Crippen molar-refractivity contribution in [3.63, 3.8) is 0 Å². The van der Waals surface area contributed by atoms with Crippen molar-refractivity contribution in [1.29, 1.82) is 0 Å². The summed E-state index contributed by atoms with van der Waals surface area (Å²) in [4.78, 5) is 28.1. The van der Waals surface area contributed by atoms with Crippen LogP contribution in [0.5, 0.6) is 0 Å². The lowest BCUT2D eigenvalue weighted by Crippen LogP contribution is -2.40. The molecule has 7 nitrogen and oxygen atoms in total. The molecule has 164 valence electrons. The summed E-state index contributed by atoms with van der Waals surface area (Å²) in [5.74, 6) is 0.0248. The normalized spacial score (nSPS) is 17.6. The van der Waals surface area contributed by atoms with E-state index in [9.17, 15) is 14.9 Å². The molecule has 0 bridgehead atoms. The van der Waals surface area contributed by atoms with Gasteiger partial charge < -0.3 is 10.2 Å². The van der Waals surface area contributed by atoms with E-state index in [1.54, 1.807) is 12.1 Å². The fourth-order valence-electron chi connectivity index (χ4n) is 4.56. The maximum Gasteiger partial charge on any atom is 0.292 e. The minimum absolute atomic E-state index is 0.0477.